The Morgan fingerprint density at radius 2 is 1.84 bits per heavy atom. The van der Waals surface area contributed by atoms with Gasteiger partial charge in [-0.3, -0.25) is 0 Å². The minimum atomic E-state index is 0.546. The molecule has 3 heteroatoms. The maximum atomic E-state index is 5.73. The van der Waals surface area contributed by atoms with Crippen LogP contribution in [0.2, 0.25) is 0 Å². The highest BCUT2D eigenvalue weighted by molar-refractivity contribution is 7.11. The van der Waals surface area contributed by atoms with E-state index in [1.165, 1.54) is 41.9 Å². The Morgan fingerprint density at radius 1 is 1.11 bits per heavy atom. The highest BCUT2D eigenvalue weighted by atomic mass is 32.1. The smallest absolute Gasteiger partial charge is 0.0809 e. The van der Waals surface area contributed by atoms with E-state index in [0.717, 1.165) is 19.8 Å². The molecule has 1 heterocycles. The highest BCUT2D eigenvalue weighted by Crippen LogP contribution is 2.17. The predicted molar refractivity (Wildman–Crippen MR) is 84.7 cm³/mol. The molecule has 19 heavy (non-hydrogen) atoms. The predicted octanol–water partition coefficient (Wildman–Crippen LogP) is 4.73. The van der Waals surface area contributed by atoms with Gasteiger partial charge in [-0.2, -0.15) is 0 Å². The molecule has 0 unspecified atom stereocenters. The van der Waals surface area contributed by atoms with Gasteiger partial charge in [0.25, 0.3) is 0 Å². The number of rotatable bonds is 11. The SMILES string of the molecule is CCCCCCCOCc1ccc(CNC(C)C)s1. The molecule has 0 saturated heterocycles. The van der Waals surface area contributed by atoms with Crippen molar-refractivity contribution in [3.05, 3.63) is 21.9 Å². The van der Waals surface area contributed by atoms with Crippen LogP contribution < -0.4 is 5.32 Å². The van der Waals surface area contributed by atoms with E-state index in [0.29, 0.717) is 6.04 Å². The van der Waals surface area contributed by atoms with Crippen LogP contribution in [0, 0.1) is 0 Å². The second kappa shape index (κ2) is 10.4. The summed E-state index contributed by atoms with van der Waals surface area (Å²) in [5.41, 5.74) is 0. The first kappa shape index (κ1) is 16.7. The van der Waals surface area contributed by atoms with Crippen molar-refractivity contribution in [3.63, 3.8) is 0 Å². The second-order valence-corrected chi connectivity index (χ2v) is 6.62. The fraction of sp³-hybridized carbons (Fsp3) is 0.750. The molecule has 0 atom stereocenters. The van der Waals surface area contributed by atoms with E-state index >= 15 is 0 Å². The molecular formula is C16H29NOS. The molecule has 0 fully saturated rings. The van der Waals surface area contributed by atoms with Gasteiger partial charge in [0, 0.05) is 28.9 Å². The normalized spacial score (nSPS) is 11.4. The van der Waals surface area contributed by atoms with Crippen LogP contribution in [-0.4, -0.2) is 12.6 Å². The van der Waals surface area contributed by atoms with Crippen LogP contribution in [0.25, 0.3) is 0 Å². The van der Waals surface area contributed by atoms with Crippen molar-refractivity contribution in [3.8, 4) is 0 Å². The summed E-state index contributed by atoms with van der Waals surface area (Å²) < 4.78 is 5.73. The molecule has 0 amide bonds. The summed E-state index contributed by atoms with van der Waals surface area (Å²) in [6.45, 7) is 9.26. The first-order valence-corrected chi connectivity index (χ1v) is 8.42. The zero-order valence-electron chi connectivity index (χ0n) is 12.7. The Morgan fingerprint density at radius 3 is 2.58 bits per heavy atom. The zero-order valence-corrected chi connectivity index (χ0v) is 13.5. The van der Waals surface area contributed by atoms with E-state index in [4.69, 9.17) is 4.74 Å². The molecule has 1 aromatic rings. The summed E-state index contributed by atoms with van der Waals surface area (Å²) >= 11 is 1.86. The number of nitrogens with one attached hydrogen (secondary N) is 1. The van der Waals surface area contributed by atoms with Gasteiger partial charge in [0.1, 0.15) is 0 Å². The van der Waals surface area contributed by atoms with Crippen molar-refractivity contribution in [2.24, 2.45) is 0 Å². The number of thiophene rings is 1. The molecule has 1 rings (SSSR count). The van der Waals surface area contributed by atoms with Crippen molar-refractivity contribution in [2.75, 3.05) is 6.61 Å². The first-order valence-electron chi connectivity index (χ1n) is 7.61. The van der Waals surface area contributed by atoms with Gasteiger partial charge >= 0.3 is 0 Å². The van der Waals surface area contributed by atoms with E-state index in [1.54, 1.807) is 0 Å². The van der Waals surface area contributed by atoms with Crippen molar-refractivity contribution in [1.29, 1.82) is 0 Å². The van der Waals surface area contributed by atoms with Crippen molar-refractivity contribution in [2.45, 2.75) is 72.1 Å². The molecule has 0 radical (unpaired) electrons. The van der Waals surface area contributed by atoms with Crippen LogP contribution in [0.15, 0.2) is 12.1 Å². The minimum Gasteiger partial charge on any atom is -0.376 e. The molecule has 0 aliphatic carbocycles. The molecule has 0 aromatic carbocycles. The van der Waals surface area contributed by atoms with Crippen LogP contribution in [-0.2, 0) is 17.9 Å². The van der Waals surface area contributed by atoms with Crippen molar-refractivity contribution < 1.29 is 4.74 Å². The van der Waals surface area contributed by atoms with Crippen LogP contribution in [0.4, 0.5) is 0 Å². The Hall–Kier alpha value is -0.380. The Labute approximate surface area is 122 Å². The quantitative estimate of drug-likeness (QED) is 0.593. The summed E-state index contributed by atoms with van der Waals surface area (Å²) in [6.07, 6.45) is 6.53. The number of unbranched alkanes of at least 4 members (excludes halogenated alkanes) is 4. The largest absolute Gasteiger partial charge is 0.376 e. The monoisotopic (exact) mass is 283 g/mol. The van der Waals surface area contributed by atoms with Gasteiger partial charge in [-0.25, -0.2) is 0 Å². The fourth-order valence-corrected chi connectivity index (χ4v) is 2.79. The van der Waals surface area contributed by atoms with Gasteiger partial charge in [0.2, 0.25) is 0 Å². The molecule has 1 N–H and O–H groups in total. The lowest BCUT2D eigenvalue weighted by molar-refractivity contribution is 0.119. The maximum Gasteiger partial charge on any atom is 0.0809 e. The Kier molecular flexibility index (Phi) is 9.14. The summed E-state index contributed by atoms with van der Waals surface area (Å²) in [4.78, 5) is 2.74. The summed E-state index contributed by atoms with van der Waals surface area (Å²) in [5, 5.41) is 3.44. The van der Waals surface area contributed by atoms with Gasteiger partial charge in [0.15, 0.2) is 0 Å². The van der Waals surface area contributed by atoms with E-state index in [-0.39, 0.29) is 0 Å². The van der Waals surface area contributed by atoms with Gasteiger partial charge in [-0.15, -0.1) is 11.3 Å². The topological polar surface area (TPSA) is 21.3 Å². The van der Waals surface area contributed by atoms with E-state index < -0.39 is 0 Å². The summed E-state index contributed by atoms with van der Waals surface area (Å²) in [7, 11) is 0. The van der Waals surface area contributed by atoms with Gasteiger partial charge in [-0.05, 0) is 18.6 Å². The molecule has 0 aliphatic rings. The lowest BCUT2D eigenvalue weighted by Gasteiger charge is -2.05. The van der Waals surface area contributed by atoms with Gasteiger partial charge in [-0.1, -0.05) is 46.5 Å². The van der Waals surface area contributed by atoms with Gasteiger partial charge in [0.05, 0.1) is 6.61 Å². The third-order valence-electron chi connectivity index (χ3n) is 3.04. The Balaban J connectivity index is 2.06. The molecule has 0 bridgehead atoms. The molecule has 110 valence electrons. The van der Waals surface area contributed by atoms with Crippen LogP contribution in [0.3, 0.4) is 0 Å². The lowest BCUT2D eigenvalue weighted by atomic mass is 10.2. The lowest BCUT2D eigenvalue weighted by Crippen LogP contribution is -2.21. The average molecular weight is 283 g/mol. The Bertz CT molecular complexity index is 322. The molecular weight excluding hydrogens is 254 g/mol. The van der Waals surface area contributed by atoms with E-state index in [9.17, 15) is 0 Å². The minimum absolute atomic E-state index is 0.546. The van der Waals surface area contributed by atoms with Crippen molar-refractivity contribution >= 4 is 11.3 Å². The fourth-order valence-electron chi connectivity index (χ4n) is 1.88. The van der Waals surface area contributed by atoms with Crippen LogP contribution in [0.1, 0.15) is 62.6 Å². The molecule has 0 saturated carbocycles. The summed E-state index contributed by atoms with van der Waals surface area (Å²) in [5.74, 6) is 0. The standard InChI is InChI=1S/C16H29NOS/c1-4-5-6-7-8-11-18-13-16-10-9-15(19-16)12-17-14(2)3/h9-10,14,17H,4-8,11-13H2,1-3H3. The number of ether oxygens (including phenoxy) is 1. The second-order valence-electron chi connectivity index (χ2n) is 5.37. The highest BCUT2D eigenvalue weighted by Gasteiger charge is 2.01. The maximum absolute atomic E-state index is 5.73. The number of hydrogen-bond acceptors (Lipinski definition) is 3. The molecule has 2 nitrogen and oxygen atoms in total. The molecule has 0 aliphatic heterocycles. The summed E-state index contributed by atoms with van der Waals surface area (Å²) in [6, 6.07) is 4.95. The van der Waals surface area contributed by atoms with E-state index in [1.807, 2.05) is 11.3 Å². The molecule has 1 aromatic heterocycles. The first-order chi connectivity index (χ1) is 9.22. The third-order valence-corrected chi connectivity index (χ3v) is 4.10. The van der Waals surface area contributed by atoms with E-state index in [2.05, 4.69) is 38.2 Å². The van der Waals surface area contributed by atoms with Crippen LogP contribution in [0.5, 0.6) is 0 Å². The van der Waals surface area contributed by atoms with Crippen molar-refractivity contribution in [1.82, 2.24) is 5.32 Å². The number of hydrogen-bond donors (Lipinski definition) is 1. The third kappa shape index (κ3) is 8.40. The van der Waals surface area contributed by atoms with Gasteiger partial charge < -0.3 is 10.1 Å². The zero-order chi connectivity index (χ0) is 13.9. The van der Waals surface area contributed by atoms with Crippen LogP contribution >= 0.6 is 11.3 Å². The molecule has 0 spiro atoms. The average Bonchev–Trinajstić information content (AvgIpc) is 2.83.